The van der Waals surface area contributed by atoms with Crippen LogP contribution in [0.1, 0.15) is 63.3 Å². The average molecular weight is 544 g/mol. The summed E-state index contributed by atoms with van der Waals surface area (Å²) in [6, 6.07) is 28.0. The van der Waals surface area contributed by atoms with E-state index in [1.54, 1.807) is 12.4 Å². The Hall–Kier alpha value is -3.97. The summed E-state index contributed by atoms with van der Waals surface area (Å²) >= 11 is 0. The third-order valence-electron chi connectivity index (χ3n) is 7.25. The van der Waals surface area contributed by atoms with Crippen LogP contribution in [0, 0.1) is 17.3 Å². The molecule has 0 aromatic heterocycles. The zero-order valence-electron chi connectivity index (χ0n) is 23.8. The third kappa shape index (κ3) is 8.52. The molecular formula is C33H41N3O4. The Morgan fingerprint density at radius 2 is 1.23 bits per heavy atom. The van der Waals surface area contributed by atoms with Crippen LogP contribution >= 0.6 is 0 Å². The second kappa shape index (κ2) is 14.4. The van der Waals surface area contributed by atoms with Gasteiger partial charge in [0.25, 0.3) is 0 Å². The van der Waals surface area contributed by atoms with Gasteiger partial charge in [0.2, 0.25) is 17.7 Å². The van der Waals surface area contributed by atoms with E-state index in [2.05, 4.69) is 10.6 Å². The Kier molecular flexibility index (Phi) is 11.0. The summed E-state index contributed by atoms with van der Waals surface area (Å²) in [6.07, 6.45) is 1.84. The van der Waals surface area contributed by atoms with Crippen molar-refractivity contribution in [3.63, 3.8) is 0 Å². The fourth-order valence-electron chi connectivity index (χ4n) is 4.86. The van der Waals surface area contributed by atoms with E-state index in [1.807, 2.05) is 112 Å². The van der Waals surface area contributed by atoms with Crippen molar-refractivity contribution in [2.75, 3.05) is 0 Å². The van der Waals surface area contributed by atoms with Crippen molar-refractivity contribution in [1.29, 1.82) is 0 Å². The molecular weight excluding hydrogens is 502 g/mol. The van der Waals surface area contributed by atoms with Gasteiger partial charge in [-0.05, 0) is 41.4 Å². The highest BCUT2D eigenvalue weighted by molar-refractivity contribution is 5.92. The molecule has 0 saturated heterocycles. The van der Waals surface area contributed by atoms with Gasteiger partial charge in [-0.25, -0.2) is 5.48 Å². The van der Waals surface area contributed by atoms with Gasteiger partial charge >= 0.3 is 0 Å². The minimum Gasteiger partial charge on any atom is -0.344 e. The van der Waals surface area contributed by atoms with Crippen molar-refractivity contribution in [3.05, 3.63) is 108 Å². The highest BCUT2D eigenvalue weighted by atomic mass is 16.5. The first-order valence-electron chi connectivity index (χ1n) is 13.8. The number of rotatable bonds is 12. The van der Waals surface area contributed by atoms with Crippen LogP contribution < -0.4 is 16.1 Å². The molecule has 0 radical (unpaired) electrons. The lowest BCUT2D eigenvalue weighted by atomic mass is 9.83. The summed E-state index contributed by atoms with van der Waals surface area (Å²) in [7, 11) is 0. The molecule has 0 bridgehead atoms. The molecule has 0 fully saturated rings. The molecule has 0 saturated carbocycles. The lowest BCUT2D eigenvalue weighted by molar-refractivity contribution is -0.141. The topological polar surface area (TPSA) is 108 Å². The predicted octanol–water partition coefficient (Wildman–Crippen LogP) is 5.20. The van der Waals surface area contributed by atoms with Gasteiger partial charge in [-0.2, -0.15) is 0 Å². The van der Waals surface area contributed by atoms with Gasteiger partial charge in [-0.15, -0.1) is 0 Å². The van der Waals surface area contributed by atoms with E-state index in [4.69, 9.17) is 0 Å². The van der Waals surface area contributed by atoms with Crippen molar-refractivity contribution in [2.24, 2.45) is 17.3 Å². The van der Waals surface area contributed by atoms with Crippen LogP contribution in [0.4, 0.5) is 0 Å². The van der Waals surface area contributed by atoms with E-state index in [-0.39, 0.29) is 5.91 Å². The monoisotopic (exact) mass is 543 g/mol. The van der Waals surface area contributed by atoms with Crippen LogP contribution in [-0.2, 0) is 20.8 Å². The van der Waals surface area contributed by atoms with Crippen molar-refractivity contribution in [3.8, 4) is 0 Å². The smallest absolute Gasteiger partial charge is 0.246 e. The fraction of sp³-hybridized carbons (Fsp3) is 0.364. The van der Waals surface area contributed by atoms with Crippen LogP contribution in [0.15, 0.2) is 91.0 Å². The number of hydroxylamine groups is 1. The highest BCUT2D eigenvalue weighted by Gasteiger charge is 2.38. The molecule has 0 unspecified atom stereocenters. The predicted molar refractivity (Wildman–Crippen MR) is 156 cm³/mol. The Morgan fingerprint density at radius 3 is 1.70 bits per heavy atom. The number of aryl methyl sites for hydroxylation is 1. The normalized spacial score (nSPS) is 13.7. The molecule has 0 aliphatic heterocycles. The van der Waals surface area contributed by atoms with E-state index in [9.17, 15) is 19.6 Å². The van der Waals surface area contributed by atoms with E-state index < -0.39 is 41.1 Å². The highest BCUT2D eigenvalue weighted by Crippen LogP contribution is 2.27. The second-order valence-electron chi connectivity index (χ2n) is 11.3. The van der Waals surface area contributed by atoms with Crippen LogP contribution in [0.2, 0.25) is 0 Å². The van der Waals surface area contributed by atoms with E-state index in [0.717, 1.165) is 23.1 Å². The third-order valence-corrected chi connectivity index (χ3v) is 7.25. The van der Waals surface area contributed by atoms with E-state index in [1.165, 1.54) is 0 Å². The standard InChI is InChI=1S/C33H41N3O4/c1-23(30(37)36-40)27(22-14-17-24-15-8-5-9-16-24)31(38)35-29(33(2,3)4)32(39)34-28(25-18-10-6-11-19-25)26-20-12-7-13-21-26/h5-13,15-16,18-21,23,27-29,40H,14,17,22H2,1-4H3,(H,34,39)(H,35,38)(H,36,37)/t23-,27+,29+/m0/s1. The average Bonchev–Trinajstić information content (AvgIpc) is 2.96. The fourth-order valence-corrected chi connectivity index (χ4v) is 4.86. The summed E-state index contributed by atoms with van der Waals surface area (Å²) in [5.41, 5.74) is 4.05. The first-order valence-corrected chi connectivity index (χ1v) is 13.8. The second-order valence-corrected chi connectivity index (χ2v) is 11.3. The Bertz CT molecular complexity index is 1190. The molecule has 3 atom stereocenters. The molecule has 3 rings (SSSR count). The van der Waals surface area contributed by atoms with E-state index in [0.29, 0.717) is 12.8 Å². The number of carbonyl (C=O) groups is 3. The van der Waals surface area contributed by atoms with Gasteiger partial charge in [-0.1, -0.05) is 119 Å². The Morgan fingerprint density at radius 1 is 0.725 bits per heavy atom. The van der Waals surface area contributed by atoms with Gasteiger partial charge in [0.05, 0.1) is 6.04 Å². The summed E-state index contributed by atoms with van der Waals surface area (Å²) < 4.78 is 0. The van der Waals surface area contributed by atoms with Gasteiger partial charge in [0.1, 0.15) is 6.04 Å². The zero-order chi connectivity index (χ0) is 29.1. The summed E-state index contributed by atoms with van der Waals surface area (Å²) in [4.78, 5) is 39.8. The molecule has 0 aliphatic rings. The quantitative estimate of drug-likeness (QED) is 0.186. The van der Waals surface area contributed by atoms with Gasteiger partial charge < -0.3 is 10.6 Å². The molecule has 3 aromatic carbocycles. The Labute approximate surface area is 237 Å². The first kappa shape index (κ1) is 30.6. The number of benzene rings is 3. The maximum absolute atomic E-state index is 13.8. The zero-order valence-corrected chi connectivity index (χ0v) is 23.8. The van der Waals surface area contributed by atoms with Crippen LogP contribution in [0.5, 0.6) is 0 Å². The van der Waals surface area contributed by atoms with Crippen LogP contribution in [-0.4, -0.2) is 29.0 Å². The minimum atomic E-state index is -0.865. The largest absolute Gasteiger partial charge is 0.344 e. The summed E-state index contributed by atoms with van der Waals surface area (Å²) in [5.74, 6) is -2.86. The molecule has 0 heterocycles. The number of carbonyl (C=O) groups excluding carboxylic acids is 3. The molecule has 212 valence electrons. The lowest BCUT2D eigenvalue weighted by Crippen LogP contribution is -2.56. The minimum absolute atomic E-state index is 0.319. The molecule has 7 nitrogen and oxygen atoms in total. The molecule has 7 heteroatoms. The Balaban J connectivity index is 1.81. The molecule has 3 aromatic rings. The summed E-state index contributed by atoms with van der Waals surface area (Å²) in [5, 5.41) is 15.4. The molecule has 0 spiro atoms. The SMILES string of the molecule is C[C@H](C(=O)NO)[C@@H](CCCc1ccccc1)C(=O)N[C@H](C(=O)NC(c1ccccc1)c1ccccc1)C(C)(C)C. The molecule has 40 heavy (non-hydrogen) atoms. The maximum atomic E-state index is 13.8. The number of amides is 3. The van der Waals surface area contributed by atoms with E-state index >= 15 is 0 Å². The van der Waals surface area contributed by atoms with Crippen molar-refractivity contribution >= 4 is 17.7 Å². The first-order chi connectivity index (χ1) is 19.1. The molecule has 0 aliphatic carbocycles. The maximum Gasteiger partial charge on any atom is 0.246 e. The molecule has 3 amide bonds. The lowest BCUT2D eigenvalue weighted by Gasteiger charge is -2.34. The number of nitrogens with one attached hydrogen (secondary N) is 3. The van der Waals surface area contributed by atoms with Crippen molar-refractivity contribution < 1.29 is 19.6 Å². The van der Waals surface area contributed by atoms with Crippen LogP contribution in [0.3, 0.4) is 0 Å². The molecule has 4 N–H and O–H groups in total. The summed E-state index contributed by atoms with van der Waals surface area (Å²) in [6.45, 7) is 7.30. The van der Waals surface area contributed by atoms with Crippen LogP contribution in [0.25, 0.3) is 0 Å². The number of hydrogen-bond donors (Lipinski definition) is 4. The van der Waals surface area contributed by atoms with Gasteiger partial charge in [-0.3, -0.25) is 19.6 Å². The van der Waals surface area contributed by atoms with Gasteiger partial charge in [0, 0.05) is 11.8 Å². The van der Waals surface area contributed by atoms with Crippen molar-refractivity contribution in [2.45, 2.75) is 59.0 Å². The number of hydrogen-bond acceptors (Lipinski definition) is 4. The van der Waals surface area contributed by atoms with Crippen molar-refractivity contribution in [1.82, 2.24) is 16.1 Å². The van der Waals surface area contributed by atoms with Gasteiger partial charge in [0.15, 0.2) is 0 Å².